The molecule has 0 aliphatic carbocycles. The molecule has 1 amide bonds. The standard InChI is InChI=1S/C21H23N5O/c1-3-25-19-7-5-4-6-17(19)24-20(25)14-22-21(27)10-11-26-18-9-8-15(2)12-16(18)13-23-26/h4-9,12-13H,3,10-11,14H2,1-2H3,(H,22,27). The lowest BCUT2D eigenvalue weighted by Gasteiger charge is -2.08. The van der Waals surface area contributed by atoms with Crippen LogP contribution in [0, 0.1) is 6.92 Å². The minimum Gasteiger partial charge on any atom is -0.349 e. The van der Waals surface area contributed by atoms with Gasteiger partial charge in [0, 0.05) is 18.4 Å². The summed E-state index contributed by atoms with van der Waals surface area (Å²) in [6, 6.07) is 14.3. The topological polar surface area (TPSA) is 64.7 Å². The average Bonchev–Trinajstić information content (AvgIpc) is 3.24. The minimum absolute atomic E-state index is 0.000436. The van der Waals surface area contributed by atoms with Crippen LogP contribution in [0.5, 0.6) is 0 Å². The summed E-state index contributed by atoms with van der Waals surface area (Å²) in [5.74, 6) is 0.882. The first-order valence-corrected chi connectivity index (χ1v) is 9.28. The van der Waals surface area contributed by atoms with Crippen molar-refractivity contribution in [2.45, 2.75) is 39.9 Å². The van der Waals surface area contributed by atoms with Crippen molar-refractivity contribution in [3.05, 3.63) is 60.0 Å². The van der Waals surface area contributed by atoms with Crippen molar-refractivity contribution in [3.63, 3.8) is 0 Å². The number of nitrogens with zero attached hydrogens (tertiary/aromatic N) is 4. The Morgan fingerprint density at radius 3 is 2.85 bits per heavy atom. The Hall–Kier alpha value is -3.15. The SMILES string of the molecule is CCn1c(CNC(=O)CCn2ncc3cc(C)ccc32)nc2ccccc21. The van der Waals surface area contributed by atoms with Crippen LogP contribution in [-0.2, 0) is 24.4 Å². The first-order chi connectivity index (χ1) is 13.2. The quantitative estimate of drug-likeness (QED) is 0.572. The van der Waals surface area contributed by atoms with E-state index in [1.807, 2.05) is 29.1 Å². The number of rotatable bonds is 6. The number of aromatic nitrogens is 4. The molecule has 4 aromatic rings. The molecule has 0 saturated heterocycles. The van der Waals surface area contributed by atoms with Crippen LogP contribution in [0.2, 0.25) is 0 Å². The van der Waals surface area contributed by atoms with Crippen molar-refractivity contribution >= 4 is 27.8 Å². The van der Waals surface area contributed by atoms with Crippen molar-refractivity contribution in [1.82, 2.24) is 24.6 Å². The first kappa shape index (κ1) is 17.3. The highest BCUT2D eigenvalue weighted by Crippen LogP contribution is 2.17. The second kappa shape index (κ2) is 7.23. The molecule has 1 N–H and O–H groups in total. The third kappa shape index (κ3) is 3.43. The van der Waals surface area contributed by atoms with Crippen LogP contribution < -0.4 is 5.32 Å². The maximum atomic E-state index is 12.3. The van der Waals surface area contributed by atoms with E-state index in [4.69, 9.17) is 0 Å². The van der Waals surface area contributed by atoms with E-state index in [0.29, 0.717) is 19.5 Å². The number of para-hydroxylation sites is 2. The van der Waals surface area contributed by atoms with Crippen LogP contribution >= 0.6 is 0 Å². The molecule has 27 heavy (non-hydrogen) atoms. The van der Waals surface area contributed by atoms with Crippen LogP contribution in [0.4, 0.5) is 0 Å². The first-order valence-electron chi connectivity index (χ1n) is 9.28. The van der Waals surface area contributed by atoms with E-state index in [1.165, 1.54) is 5.56 Å². The summed E-state index contributed by atoms with van der Waals surface area (Å²) in [5, 5.41) is 8.50. The lowest BCUT2D eigenvalue weighted by Crippen LogP contribution is -2.25. The Balaban J connectivity index is 1.40. The molecule has 2 aromatic heterocycles. The molecule has 0 radical (unpaired) electrons. The van der Waals surface area contributed by atoms with Gasteiger partial charge in [0.25, 0.3) is 0 Å². The van der Waals surface area contributed by atoms with Gasteiger partial charge < -0.3 is 9.88 Å². The van der Waals surface area contributed by atoms with E-state index in [1.54, 1.807) is 0 Å². The van der Waals surface area contributed by atoms with Crippen LogP contribution in [0.25, 0.3) is 21.9 Å². The summed E-state index contributed by atoms with van der Waals surface area (Å²) in [5.41, 5.74) is 4.32. The molecule has 0 spiro atoms. The molecule has 2 aromatic carbocycles. The molecule has 0 atom stereocenters. The molecule has 4 rings (SSSR count). The van der Waals surface area contributed by atoms with Gasteiger partial charge in [-0.15, -0.1) is 0 Å². The van der Waals surface area contributed by atoms with E-state index in [9.17, 15) is 4.79 Å². The fraction of sp³-hybridized carbons (Fsp3) is 0.286. The summed E-state index contributed by atoms with van der Waals surface area (Å²) in [6.07, 6.45) is 2.24. The zero-order chi connectivity index (χ0) is 18.8. The number of hydrogen-bond acceptors (Lipinski definition) is 3. The summed E-state index contributed by atoms with van der Waals surface area (Å²) >= 11 is 0. The second-order valence-corrected chi connectivity index (χ2v) is 6.72. The van der Waals surface area contributed by atoms with Gasteiger partial charge in [0.05, 0.1) is 35.8 Å². The fourth-order valence-corrected chi connectivity index (χ4v) is 3.47. The number of nitrogens with one attached hydrogen (secondary N) is 1. The molecule has 0 fully saturated rings. The maximum Gasteiger partial charge on any atom is 0.222 e. The van der Waals surface area contributed by atoms with Gasteiger partial charge in [-0.25, -0.2) is 4.98 Å². The molecule has 0 saturated carbocycles. The third-order valence-corrected chi connectivity index (χ3v) is 4.84. The number of amides is 1. The maximum absolute atomic E-state index is 12.3. The van der Waals surface area contributed by atoms with Gasteiger partial charge >= 0.3 is 0 Å². The molecule has 0 bridgehead atoms. The fourth-order valence-electron chi connectivity index (χ4n) is 3.47. The average molecular weight is 361 g/mol. The molecule has 0 aliphatic rings. The smallest absolute Gasteiger partial charge is 0.222 e. The van der Waals surface area contributed by atoms with Crippen LogP contribution in [0.1, 0.15) is 24.7 Å². The zero-order valence-electron chi connectivity index (χ0n) is 15.6. The number of carbonyl (C=O) groups is 1. The summed E-state index contributed by atoms with van der Waals surface area (Å²) in [6.45, 7) is 5.96. The van der Waals surface area contributed by atoms with Gasteiger partial charge in [-0.3, -0.25) is 9.48 Å². The molecule has 2 heterocycles. The Bertz CT molecular complexity index is 1110. The van der Waals surface area contributed by atoms with Crippen LogP contribution in [0.3, 0.4) is 0 Å². The lowest BCUT2D eigenvalue weighted by atomic mass is 10.2. The second-order valence-electron chi connectivity index (χ2n) is 6.72. The van der Waals surface area contributed by atoms with E-state index in [-0.39, 0.29) is 5.91 Å². The Labute approximate surface area is 157 Å². The van der Waals surface area contributed by atoms with E-state index < -0.39 is 0 Å². The van der Waals surface area contributed by atoms with Gasteiger partial charge in [-0.05, 0) is 38.1 Å². The Morgan fingerprint density at radius 1 is 1.15 bits per heavy atom. The molecule has 0 unspecified atom stereocenters. The minimum atomic E-state index is 0.000436. The molecular weight excluding hydrogens is 338 g/mol. The van der Waals surface area contributed by atoms with Gasteiger partial charge in [0.15, 0.2) is 0 Å². The Morgan fingerprint density at radius 2 is 2.00 bits per heavy atom. The molecule has 6 heteroatoms. The monoisotopic (exact) mass is 361 g/mol. The highest BCUT2D eigenvalue weighted by molar-refractivity contribution is 5.80. The van der Waals surface area contributed by atoms with Crippen molar-refractivity contribution < 1.29 is 4.79 Å². The lowest BCUT2D eigenvalue weighted by molar-refractivity contribution is -0.121. The van der Waals surface area contributed by atoms with Crippen molar-refractivity contribution in [2.24, 2.45) is 0 Å². The normalized spacial score (nSPS) is 11.3. The number of aryl methyl sites for hydroxylation is 3. The number of benzene rings is 2. The van der Waals surface area contributed by atoms with Crippen molar-refractivity contribution in [1.29, 1.82) is 0 Å². The van der Waals surface area contributed by atoms with Crippen LogP contribution in [0.15, 0.2) is 48.7 Å². The molecule has 0 aliphatic heterocycles. The summed E-state index contributed by atoms with van der Waals surface area (Å²) in [7, 11) is 0. The number of fused-ring (bicyclic) bond motifs is 2. The number of hydrogen-bond donors (Lipinski definition) is 1. The molecular formula is C21H23N5O. The number of imidazole rings is 1. The third-order valence-electron chi connectivity index (χ3n) is 4.84. The Kier molecular flexibility index (Phi) is 4.62. The molecule has 138 valence electrons. The van der Waals surface area contributed by atoms with Crippen molar-refractivity contribution in [2.75, 3.05) is 0 Å². The highest BCUT2D eigenvalue weighted by atomic mass is 16.1. The summed E-state index contributed by atoms with van der Waals surface area (Å²) in [4.78, 5) is 17.0. The number of carbonyl (C=O) groups excluding carboxylic acids is 1. The van der Waals surface area contributed by atoms with Gasteiger partial charge in [0.1, 0.15) is 5.82 Å². The zero-order valence-corrected chi connectivity index (χ0v) is 15.6. The summed E-state index contributed by atoms with van der Waals surface area (Å²) < 4.78 is 4.02. The van der Waals surface area contributed by atoms with E-state index >= 15 is 0 Å². The van der Waals surface area contributed by atoms with E-state index in [0.717, 1.165) is 34.3 Å². The van der Waals surface area contributed by atoms with Gasteiger partial charge in [-0.1, -0.05) is 23.8 Å². The van der Waals surface area contributed by atoms with Crippen molar-refractivity contribution in [3.8, 4) is 0 Å². The van der Waals surface area contributed by atoms with E-state index in [2.05, 4.69) is 58.1 Å². The predicted octanol–water partition coefficient (Wildman–Crippen LogP) is 3.42. The van der Waals surface area contributed by atoms with Gasteiger partial charge in [0.2, 0.25) is 5.91 Å². The van der Waals surface area contributed by atoms with Gasteiger partial charge in [-0.2, -0.15) is 5.10 Å². The predicted molar refractivity (Wildman–Crippen MR) is 106 cm³/mol. The largest absolute Gasteiger partial charge is 0.349 e. The highest BCUT2D eigenvalue weighted by Gasteiger charge is 2.11. The van der Waals surface area contributed by atoms with Crippen LogP contribution in [-0.4, -0.2) is 25.2 Å². The molecule has 6 nitrogen and oxygen atoms in total.